The highest BCUT2D eigenvalue weighted by Crippen LogP contribution is 2.09. The lowest BCUT2D eigenvalue weighted by Gasteiger charge is -2.10. The van der Waals surface area contributed by atoms with Crippen molar-refractivity contribution in [1.29, 1.82) is 0 Å². The molecule has 0 aliphatic rings. The Balaban J connectivity index is 3.73. The molecule has 0 bridgehead atoms. The number of carbonyl (C=O) groups is 1. The van der Waals surface area contributed by atoms with Gasteiger partial charge in [-0.25, -0.2) is 4.79 Å². The zero-order valence-electron chi connectivity index (χ0n) is 8.66. The van der Waals surface area contributed by atoms with Crippen molar-refractivity contribution in [2.75, 3.05) is 0 Å². The van der Waals surface area contributed by atoms with Gasteiger partial charge >= 0.3 is 6.16 Å². The minimum atomic E-state index is -1.24. The van der Waals surface area contributed by atoms with Gasteiger partial charge in [-0.1, -0.05) is 32.8 Å². The molecule has 3 heteroatoms. The Hall–Kier alpha value is -1.21. The zero-order valence-corrected chi connectivity index (χ0v) is 8.66. The second-order valence-electron chi connectivity index (χ2n) is 3.14. The Kier molecular flexibility index (Phi) is 7.67. The van der Waals surface area contributed by atoms with Gasteiger partial charge in [0.2, 0.25) is 0 Å². The zero-order chi connectivity index (χ0) is 10.8. The van der Waals surface area contributed by atoms with Gasteiger partial charge in [-0.05, 0) is 18.9 Å². The maximum absolute atomic E-state index is 10.3. The van der Waals surface area contributed by atoms with E-state index in [9.17, 15) is 4.79 Å². The third-order valence-electron chi connectivity index (χ3n) is 1.90. The molecule has 0 aromatic heterocycles. The van der Waals surface area contributed by atoms with Crippen LogP contribution < -0.4 is 0 Å². The third-order valence-corrected chi connectivity index (χ3v) is 1.90. The molecule has 80 valence electrons. The molecule has 1 N–H and O–H groups in total. The van der Waals surface area contributed by atoms with Gasteiger partial charge in [-0.15, -0.1) is 5.73 Å². The van der Waals surface area contributed by atoms with E-state index >= 15 is 0 Å². The first kappa shape index (κ1) is 12.8. The van der Waals surface area contributed by atoms with Crippen LogP contribution in [0.25, 0.3) is 0 Å². The lowest BCUT2D eigenvalue weighted by atomic mass is 10.1. The van der Waals surface area contributed by atoms with Crippen LogP contribution in [0, 0.1) is 0 Å². The maximum Gasteiger partial charge on any atom is 0.506 e. The van der Waals surface area contributed by atoms with Crippen molar-refractivity contribution in [3.63, 3.8) is 0 Å². The molecule has 1 atom stereocenters. The molecule has 0 saturated carbocycles. The Morgan fingerprint density at radius 1 is 1.57 bits per heavy atom. The summed E-state index contributed by atoms with van der Waals surface area (Å²) in [5.74, 6) is 0. The van der Waals surface area contributed by atoms with E-state index in [-0.39, 0.29) is 6.10 Å². The normalized spacial score (nSPS) is 11.5. The predicted octanol–water partition coefficient (Wildman–Crippen LogP) is 3.36. The van der Waals surface area contributed by atoms with Crippen LogP contribution in [-0.2, 0) is 4.74 Å². The largest absolute Gasteiger partial charge is 0.506 e. The van der Waals surface area contributed by atoms with Gasteiger partial charge < -0.3 is 9.84 Å². The number of rotatable bonds is 7. The number of hydrogen-bond donors (Lipinski definition) is 1. The molecule has 0 amide bonds. The molecule has 1 unspecified atom stereocenters. The van der Waals surface area contributed by atoms with E-state index in [2.05, 4.69) is 24.0 Å². The second kappa shape index (κ2) is 8.39. The molecule has 0 aliphatic carbocycles. The Bertz CT molecular complexity index is 205. The number of hydrogen-bond acceptors (Lipinski definition) is 2. The van der Waals surface area contributed by atoms with Gasteiger partial charge in [0.05, 0.1) is 0 Å². The summed E-state index contributed by atoms with van der Waals surface area (Å²) in [6, 6.07) is 0. The van der Waals surface area contributed by atoms with Crippen molar-refractivity contribution in [2.24, 2.45) is 0 Å². The molecular weight excluding hydrogens is 180 g/mol. The maximum atomic E-state index is 10.3. The third kappa shape index (κ3) is 7.44. The fourth-order valence-corrected chi connectivity index (χ4v) is 1.21. The summed E-state index contributed by atoms with van der Waals surface area (Å²) in [5.41, 5.74) is 2.55. The fraction of sp³-hybridized carbons (Fsp3) is 0.636. The van der Waals surface area contributed by atoms with E-state index in [1.54, 1.807) is 6.08 Å². The van der Waals surface area contributed by atoms with Crippen molar-refractivity contribution in [3.05, 3.63) is 18.4 Å². The van der Waals surface area contributed by atoms with Gasteiger partial charge in [-0.3, -0.25) is 0 Å². The van der Waals surface area contributed by atoms with E-state index < -0.39 is 6.16 Å². The Morgan fingerprint density at radius 2 is 2.29 bits per heavy atom. The molecular formula is C11H18O3. The quantitative estimate of drug-likeness (QED) is 0.387. The molecule has 3 nitrogen and oxygen atoms in total. The van der Waals surface area contributed by atoms with E-state index in [0.29, 0.717) is 0 Å². The van der Waals surface area contributed by atoms with E-state index in [0.717, 1.165) is 19.3 Å². The molecule has 0 spiro atoms. The average Bonchev–Trinajstić information content (AvgIpc) is 2.12. The topological polar surface area (TPSA) is 46.5 Å². The second-order valence-corrected chi connectivity index (χ2v) is 3.14. The van der Waals surface area contributed by atoms with Gasteiger partial charge in [-0.2, -0.15) is 0 Å². The predicted molar refractivity (Wildman–Crippen MR) is 55.4 cm³/mol. The van der Waals surface area contributed by atoms with Gasteiger partial charge in [0, 0.05) is 0 Å². The summed E-state index contributed by atoms with van der Waals surface area (Å²) < 4.78 is 4.63. The first-order valence-electron chi connectivity index (χ1n) is 4.96. The minimum Gasteiger partial charge on any atom is -0.450 e. The van der Waals surface area contributed by atoms with Crippen molar-refractivity contribution < 1.29 is 14.6 Å². The van der Waals surface area contributed by atoms with Crippen LogP contribution in [0.2, 0.25) is 0 Å². The van der Waals surface area contributed by atoms with E-state index in [4.69, 9.17) is 5.11 Å². The van der Waals surface area contributed by atoms with Crippen LogP contribution in [0.4, 0.5) is 4.79 Å². The lowest BCUT2D eigenvalue weighted by molar-refractivity contribution is 0.0654. The standard InChI is InChI=1S/C11H18O3/c1-3-5-6-7-9-10(8-4-2)14-11(12)13/h8,10H,2-3,5-7,9H2,1H3,(H,12,13). The smallest absolute Gasteiger partial charge is 0.450 e. The van der Waals surface area contributed by atoms with Crippen LogP contribution in [-0.4, -0.2) is 17.4 Å². The van der Waals surface area contributed by atoms with Crippen LogP contribution in [0.15, 0.2) is 18.4 Å². The molecule has 0 rings (SSSR count). The lowest BCUT2D eigenvalue weighted by Crippen LogP contribution is -2.13. The first-order chi connectivity index (χ1) is 6.70. The molecule has 0 aromatic carbocycles. The summed E-state index contributed by atoms with van der Waals surface area (Å²) in [7, 11) is 0. The monoisotopic (exact) mass is 198 g/mol. The highest BCUT2D eigenvalue weighted by Gasteiger charge is 2.08. The fourth-order valence-electron chi connectivity index (χ4n) is 1.21. The molecule has 14 heavy (non-hydrogen) atoms. The van der Waals surface area contributed by atoms with Crippen LogP contribution >= 0.6 is 0 Å². The molecule has 0 aliphatic heterocycles. The summed E-state index contributed by atoms with van der Waals surface area (Å²) in [6.07, 6.45) is 5.08. The van der Waals surface area contributed by atoms with Crippen molar-refractivity contribution >= 4 is 6.16 Å². The molecule has 0 radical (unpaired) electrons. The summed E-state index contributed by atoms with van der Waals surface area (Å²) in [4.78, 5) is 10.3. The molecule has 0 aromatic rings. The Labute approximate surface area is 85.1 Å². The highest BCUT2D eigenvalue weighted by atomic mass is 16.7. The number of unbranched alkanes of at least 4 members (excludes halogenated alkanes) is 3. The van der Waals surface area contributed by atoms with Crippen LogP contribution in [0.3, 0.4) is 0 Å². The summed E-state index contributed by atoms with van der Waals surface area (Å²) in [6.45, 7) is 5.53. The number of carboxylic acid groups (broad SMARTS) is 1. The highest BCUT2D eigenvalue weighted by molar-refractivity contribution is 5.57. The number of ether oxygens (including phenoxy) is 1. The van der Waals surface area contributed by atoms with Crippen molar-refractivity contribution in [2.45, 2.75) is 45.1 Å². The molecule has 0 fully saturated rings. The first-order valence-corrected chi connectivity index (χ1v) is 4.96. The van der Waals surface area contributed by atoms with Crippen LogP contribution in [0.1, 0.15) is 39.0 Å². The Morgan fingerprint density at radius 3 is 2.79 bits per heavy atom. The summed E-state index contributed by atoms with van der Waals surface area (Å²) in [5, 5.41) is 8.42. The van der Waals surface area contributed by atoms with E-state index in [1.807, 2.05) is 0 Å². The summed E-state index contributed by atoms with van der Waals surface area (Å²) >= 11 is 0. The van der Waals surface area contributed by atoms with Gasteiger partial charge in [0.25, 0.3) is 0 Å². The average molecular weight is 198 g/mol. The van der Waals surface area contributed by atoms with E-state index in [1.165, 1.54) is 12.8 Å². The molecule has 0 saturated heterocycles. The van der Waals surface area contributed by atoms with Crippen LogP contribution in [0.5, 0.6) is 0 Å². The molecule has 0 heterocycles. The van der Waals surface area contributed by atoms with Gasteiger partial charge in [0.15, 0.2) is 0 Å². The minimum absolute atomic E-state index is 0.387. The van der Waals surface area contributed by atoms with Crippen molar-refractivity contribution in [1.82, 2.24) is 0 Å². The SMILES string of the molecule is C=C=CC(CCCCCC)OC(=O)O. The van der Waals surface area contributed by atoms with Crippen molar-refractivity contribution in [3.8, 4) is 0 Å². The van der Waals surface area contributed by atoms with Gasteiger partial charge in [0.1, 0.15) is 6.10 Å².